The molecule has 2 atom stereocenters. The Morgan fingerprint density at radius 2 is 2.00 bits per heavy atom. The molecule has 3 fully saturated rings. The predicted molar refractivity (Wildman–Crippen MR) is 85.9 cm³/mol. The molecule has 3 heterocycles. The highest BCUT2D eigenvalue weighted by Crippen LogP contribution is 2.37. The molecule has 4 rings (SSSR count). The number of aliphatic hydroxyl groups excluding tert-OH is 1. The van der Waals surface area contributed by atoms with E-state index < -0.39 is 23.5 Å². The molecule has 1 spiro atoms. The van der Waals surface area contributed by atoms with E-state index in [1.807, 2.05) is 4.90 Å². The van der Waals surface area contributed by atoms with Crippen molar-refractivity contribution in [2.75, 3.05) is 19.6 Å². The molecular weight excluding hydrogens is 337 g/mol. The lowest BCUT2D eigenvalue weighted by Crippen LogP contribution is -2.80. The summed E-state index contributed by atoms with van der Waals surface area (Å²) in [6.45, 7) is 1.18. The van der Waals surface area contributed by atoms with Gasteiger partial charge in [-0.2, -0.15) is 0 Å². The molecule has 24 heavy (non-hydrogen) atoms. The summed E-state index contributed by atoms with van der Waals surface area (Å²) < 4.78 is 13.9. The molecule has 0 unspecified atom stereocenters. The minimum atomic E-state index is -0.776. The first kappa shape index (κ1) is 17.3. The molecule has 3 aliphatic heterocycles. The molecule has 1 aromatic carbocycles. The van der Waals surface area contributed by atoms with Crippen molar-refractivity contribution in [2.45, 2.75) is 30.7 Å². The Labute approximate surface area is 145 Å². The Kier molecular flexibility index (Phi) is 4.37. The molecule has 0 aliphatic carbocycles. The van der Waals surface area contributed by atoms with Crippen LogP contribution in [0.2, 0.25) is 0 Å². The maximum absolute atomic E-state index is 13.9. The summed E-state index contributed by atoms with van der Waals surface area (Å²) >= 11 is 0. The number of benzene rings is 1. The minimum Gasteiger partial charge on any atom is -0.392 e. The zero-order chi connectivity index (χ0) is 16.2. The van der Waals surface area contributed by atoms with Gasteiger partial charge in [0, 0.05) is 25.2 Å². The Balaban J connectivity index is 0.00000169. The highest BCUT2D eigenvalue weighted by Gasteiger charge is 2.62. The van der Waals surface area contributed by atoms with Gasteiger partial charge >= 0.3 is 0 Å². The van der Waals surface area contributed by atoms with Gasteiger partial charge in [-0.3, -0.25) is 19.4 Å². The molecule has 8 heteroatoms. The summed E-state index contributed by atoms with van der Waals surface area (Å²) in [6, 6.07) is 5.66. The number of nitrogens with one attached hydrogen (secondary N) is 1. The number of β-amino-alcohol motifs (C(OH)–C–C–N with tert-alkyl or cyclic N) is 1. The third-order valence-corrected chi connectivity index (χ3v) is 5.14. The van der Waals surface area contributed by atoms with Crippen LogP contribution in [0.1, 0.15) is 12.0 Å². The number of carbonyl (C=O) groups excluding carboxylic acids is 2. The number of piperazine rings is 1. The fraction of sp³-hybridized carbons (Fsp3) is 0.500. The number of amides is 2. The fourth-order valence-electron chi connectivity index (χ4n) is 3.84. The number of hydrogen-bond acceptors (Lipinski definition) is 5. The van der Waals surface area contributed by atoms with Crippen LogP contribution >= 0.6 is 12.4 Å². The average Bonchev–Trinajstić information content (AvgIpc) is 2.86. The molecule has 3 saturated heterocycles. The van der Waals surface area contributed by atoms with Crippen LogP contribution in [0.25, 0.3) is 0 Å². The summed E-state index contributed by atoms with van der Waals surface area (Å²) in [5.74, 6) is -1.06. The predicted octanol–water partition coefficient (Wildman–Crippen LogP) is -0.106. The second kappa shape index (κ2) is 6.07. The van der Waals surface area contributed by atoms with E-state index in [2.05, 4.69) is 5.32 Å². The maximum atomic E-state index is 13.9. The number of rotatable bonds is 2. The van der Waals surface area contributed by atoms with Gasteiger partial charge in [-0.05, 0) is 12.5 Å². The molecule has 3 aliphatic rings. The van der Waals surface area contributed by atoms with Crippen molar-refractivity contribution in [1.82, 2.24) is 15.1 Å². The van der Waals surface area contributed by atoms with Crippen LogP contribution < -0.4 is 5.32 Å². The molecule has 0 aromatic heterocycles. The van der Waals surface area contributed by atoms with Crippen LogP contribution in [-0.2, 0) is 16.1 Å². The Morgan fingerprint density at radius 3 is 2.62 bits per heavy atom. The lowest BCUT2D eigenvalue weighted by molar-refractivity contribution is -0.171. The zero-order valence-corrected chi connectivity index (χ0v) is 13.8. The Morgan fingerprint density at radius 1 is 1.29 bits per heavy atom. The first-order valence-corrected chi connectivity index (χ1v) is 7.78. The topological polar surface area (TPSA) is 72.9 Å². The van der Waals surface area contributed by atoms with Gasteiger partial charge in [-0.25, -0.2) is 4.39 Å². The number of aliphatic hydroxyl groups is 1. The van der Waals surface area contributed by atoms with E-state index in [-0.39, 0.29) is 30.8 Å². The van der Waals surface area contributed by atoms with E-state index >= 15 is 0 Å². The van der Waals surface area contributed by atoms with Crippen LogP contribution in [0.5, 0.6) is 0 Å². The molecule has 0 saturated carbocycles. The number of imide groups is 1. The third kappa shape index (κ3) is 2.35. The third-order valence-electron chi connectivity index (χ3n) is 5.14. The van der Waals surface area contributed by atoms with Gasteiger partial charge in [0.25, 0.3) is 5.91 Å². The van der Waals surface area contributed by atoms with Gasteiger partial charge in [-0.1, -0.05) is 18.2 Å². The van der Waals surface area contributed by atoms with Crippen molar-refractivity contribution in [2.24, 2.45) is 0 Å². The summed E-state index contributed by atoms with van der Waals surface area (Å²) in [7, 11) is 0. The molecule has 130 valence electrons. The van der Waals surface area contributed by atoms with Crippen LogP contribution in [-0.4, -0.2) is 64.0 Å². The van der Waals surface area contributed by atoms with E-state index in [4.69, 9.17) is 0 Å². The summed E-state index contributed by atoms with van der Waals surface area (Å²) in [4.78, 5) is 28.6. The van der Waals surface area contributed by atoms with Gasteiger partial charge in [0.1, 0.15) is 11.4 Å². The first-order valence-electron chi connectivity index (χ1n) is 7.78. The van der Waals surface area contributed by atoms with Crippen LogP contribution in [0.3, 0.4) is 0 Å². The van der Waals surface area contributed by atoms with Crippen molar-refractivity contribution in [3.05, 3.63) is 35.6 Å². The summed E-state index contributed by atoms with van der Waals surface area (Å²) in [6.07, 6.45) is -0.288. The van der Waals surface area contributed by atoms with E-state index in [9.17, 15) is 19.1 Å². The van der Waals surface area contributed by atoms with Gasteiger partial charge in [0.05, 0.1) is 18.7 Å². The van der Waals surface area contributed by atoms with Gasteiger partial charge < -0.3 is 10.4 Å². The molecule has 6 nitrogen and oxygen atoms in total. The SMILES string of the molecule is Cl.O=C1[C@@H]2C[C@@H](O)CN2C2(CNC2)C(=O)N1Cc1ccccc1F. The van der Waals surface area contributed by atoms with E-state index in [1.165, 1.54) is 11.0 Å². The summed E-state index contributed by atoms with van der Waals surface area (Å²) in [5.41, 5.74) is -0.454. The van der Waals surface area contributed by atoms with E-state index in [0.717, 1.165) is 0 Å². The molecule has 0 bridgehead atoms. The second-order valence-corrected chi connectivity index (χ2v) is 6.51. The van der Waals surface area contributed by atoms with E-state index in [0.29, 0.717) is 31.6 Å². The van der Waals surface area contributed by atoms with Crippen molar-refractivity contribution in [3.8, 4) is 0 Å². The standard InChI is InChI=1S/C16H18FN3O3.ClH/c17-12-4-2-1-3-10(12)6-19-14(22)13-5-11(21)7-20(13)16(15(19)23)8-18-9-16;/h1-4,11,13,18,21H,5-9H2;1H/t11-,13+;/m1./s1. The monoisotopic (exact) mass is 355 g/mol. The summed E-state index contributed by atoms with van der Waals surface area (Å²) in [5, 5.41) is 13.0. The normalized spacial score (nSPS) is 28.5. The zero-order valence-electron chi connectivity index (χ0n) is 12.9. The lowest BCUT2D eigenvalue weighted by atomic mass is 9.84. The van der Waals surface area contributed by atoms with Crippen LogP contribution in [0, 0.1) is 5.82 Å². The first-order chi connectivity index (χ1) is 11.0. The van der Waals surface area contributed by atoms with Crippen molar-refractivity contribution in [3.63, 3.8) is 0 Å². The minimum absolute atomic E-state index is 0. The second-order valence-electron chi connectivity index (χ2n) is 6.51. The highest BCUT2D eigenvalue weighted by molar-refractivity contribution is 6.06. The Hall–Kier alpha value is -1.54. The van der Waals surface area contributed by atoms with Crippen LogP contribution in [0.15, 0.2) is 24.3 Å². The maximum Gasteiger partial charge on any atom is 0.252 e. The van der Waals surface area contributed by atoms with Gasteiger partial charge in [0.15, 0.2) is 0 Å². The largest absolute Gasteiger partial charge is 0.392 e. The number of carbonyl (C=O) groups is 2. The van der Waals surface area contributed by atoms with Crippen molar-refractivity contribution < 1.29 is 19.1 Å². The average molecular weight is 356 g/mol. The number of halogens is 2. The quantitative estimate of drug-likeness (QED) is 0.724. The van der Waals surface area contributed by atoms with Crippen molar-refractivity contribution in [1.29, 1.82) is 0 Å². The molecule has 0 radical (unpaired) electrons. The van der Waals surface area contributed by atoms with E-state index in [1.54, 1.807) is 18.2 Å². The van der Waals surface area contributed by atoms with Gasteiger partial charge in [0.2, 0.25) is 5.91 Å². The fourth-order valence-corrected chi connectivity index (χ4v) is 3.84. The Bertz CT molecular complexity index is 682. The van der Waals surface area contributed by atoms with Crippen LogP contribution in [0.4, 0.5) is 4.39 Å². The number of fused-ring (bicyclic) bond motifs is 2. The smallest absolute Gasteiger partial charge is 0.252 e. The number of nitrogens with zero attached hydrogens (tertiary/aromatic N) is 2. The molecule has 2 N–H and O–H groups in total. The molecule has 1 aromatic rings. The highest BCUT2D eigenvalue weighted by atomic mass is 35.5. The molecule has 2 amide bonds. The number of hydrogen-bond donors (Lipinski definition) is 2. The molecular formula is C16H19ClFN3O3. The lowest BCUT2D eigenvalue weighted by Gasteiger charge is -2.54. The van der Waals surface area contributed by atoms with Crippen molar-refractivity contribution >= 4 is 24.2 Å². The van der Waals surface area contributed by atoms with Gasteiger partial charge in [-0.15, -0.1) is 12.4 Å².